The number of aryl methyl sites for hydroxylation is 1. The smallest absolute Gasteiger partial charge is 0.261 e. The van der Waals surface area contributed by atoms with Crippen LogP contribution >= 0.6 is 23.2 Å². The lowest BCUT2D eigenvalue weighted by Gasteiger charge is -2.06. The SMILES string of the molecule is Cc1nn(-c2ccccc2)c(Cl)c1/C=C1\CCn2c1nc1cc(Cl)ccc1c2=O. The number of halogens is 2. The van der Waals surface area contributed by atoms with E-state index in [-0.39, 0.29) is 5.56 Å². The molecular weight excluding hydrogens is 407 g/mol. The summed E-state index contributed by atoms with van der Waals surface area (Å²) in [7, 11) is 0. The molecule has 1 aliphatic rings. The molecule has 4 aromatic rings. The molecule has 0 spiro atoms. The van der Waals surface area contributed by atoms with Gasteiger partial charge in [0.25, 0.3) is 5.56 Å². The molecule has 0 atom stereocenters. The number of hydrogen-bond acceptors (Lipinski definition) is 3. The normalized spacial score (nSPS) is 14.7. The van der Waals surface area contributed by atoms with E-state index in [9.17, 15) is 4.79 Å². The van der Waals surface area contributed by atoms with Gasteiger partial charge >= 0.3 is 0 Å². The summed E-state index contributed by atoms with van der Waals surface area (Å²) in [6.45, 7) is 2.52. The largest absolute Gasteiger partial charge is 0.292 e. The third-order valence-electron chi connectivity index (χ3n) is 5.18. The Morgan fingerprint density at radius 3 is 2.69 bits per heavy atom. The Balaban J connectivity index is 1.66. The summed E-state index contributed by atoms with van der Waals surface area (Å²) in [5.74, 6) is 0.660. The maximum absolute atomic E-state index is 12.9. The van der Waals surface area contributed by atoms with Gasteiger partial charge in [-0.1, -0.05) is 41.4 Å². The van der Waals surface area contributed by atoms with Crippen molar-refractivity contribution in [1.29, 1.82) is 0 Å². The molecule has 0 N–H and O–H groups in total. The van der Waals surface area contributed by atoms with Crippen LogP contribution in [0.3, 0.4) is 0 Å². The van der Waals surface area contributed by atoms with E-state index in [1.807, 2.05) is 43.3 Å². The van der Waals surface area contributed by atoms with Crippen molar-refractivity contribution < 1.29 is 0 Å². The van der Waals surface area contributed by atoms with Crippen LogP contribution in [0.1, 0.15) is 23.5 Å². The van der Waals surface area contributed by atoms with Crippen LogP contribution in [0.15, 0.2) is 53.3 Å². The first-order valence-electron chi connectivity index (χ1n) is 9.24. The van der Waals surface area contributed by atoms with E-state index in [1.54, 1.807) is 27.4 Å². The van der Waals surface area contributed by atoms with Gasteiger partial charge in [0.2, 0.25) is 0 Å². The van der Waals surface area contributed by atoms with E-state index in [0.717, 1.165) is 22.5 Å². The fourth-order valence-corrected chi connectivity index (χ4v) is 4.21. The minimum atomic E-state index is -0.0483. The molecule has 2 aromatic carbocycles. The van der Waals surface area contributed by atoms with Gasteiger partial charge in [0.15, 0.2) is 0 Å². The molecule has 0 aliphatic carbocycles. The van der Waals surface area contributed by atoms with Gasteiger partial charge in [-0.25, -0.2) is 9.67 Å². The predicted molar refractivity (Wildman–Crippen MR) is 117 cm³/mol. The van der Waals surface area contributed by atoms with Crippen LogP contribution in [0.4, 0.5) is 0 Å². The second-order valence-electron chi connectivity index (χ2n) is 7.01. The van der Waals surface area contributed by atoms with Gasteiger partial charge in [-0.3, -0.25) is 9.36 Å². The van der Waals surface area contributed by atoms with Crippen molar-refractivity contribution in [2.24, 2.45) is 0 Å². The summed E-state index contributed by atoms with van der Waals surface area (Å²) in [4.78, 5) is 17.6. The maximum atomic E-state index is 12.9. The van der Waals surface area contributed by atoms with Gasteiger partial charge in [-0.2, -0.15) is 5.10 Å². The highest BCUT2D eigenvalue weighted by molar-refractivity contribution is 6.31. The average Bonchev–Trinajstić information content (AvgIpc) is 3.25. The van der Waals surface area contributed by atoms with Crippen molar-refractivity contribution in [2.75, 3.05) is 0 Å². The zero-order valence-corrected chi connectivity index (χ0v) is 17.1. The van der Waals surface area contributed by atoms with Crippen molar-refractivity contribution in [3.63, 3.8) is 0 Å². The minimum absolute atomic E-state index is 0.0483. The zero-order chi connectivity index (χ0) is 20.1. The highest BCUT2D eigenvalue weighted by atomic mass is 35.5. The second-order valence-corrected chi connectivity index (χ2v) is 7.80. The van der Waals surface area contributed by atoms with Crippen molar-refractivity contribution in [3.05, 3.63) is 86.1 Å². The van der Waals surface area contributed by atoms with Gasteiger partial charge in [0.05, 0.1) is 22.3 Å². The van der Waals surface area contributed by atoms with Crippen LogP contribution in [0.5, 0.6) is 0 Å². The fraction of sp³-hybridized carbons (Fsp3) is 0.136. The lowest BCUT2D eigenvalue weighted by atomic mass is 10.1. The van der Waals surface area contributed by atoms with E-state index < -0.39 is 0 Å². The van der Waals surface area contributed by atoms with Crippen molar-refractivity contribution in [3.8, 4) is 5.69 Å². The Hall–Kier alpha value is -2.89. The van der Waals surface area contributed by atoms with Crippen LogP contribution in [0.25, 0.3) is 28.2 Å². The molecule has 0 radical (unpaired) electrons. The Kier molecular flexibility index (Phi) is 4.30. The monoisotopic (exact) mass is 422 g/mol. The van der Waals surface area contributed by atoms with E-state index in [4.69, 9.17) is 28.2 Å². The number of allylic oxidation sites excluding steroid dienone is 1. The zero-order valence-electron chi connectivity index (χ0n) is 15.6. The van der Waals surface area contributed by atoms with Crippen LogP contribution in [-0.2, 0) is 6.54 Å². The number of rotatable bonds is 2. The van der Waals surface area contributed by atoms with Crippen molar-refractivity contribution >= 4 is 45.8 Å². The molecule has 2 aromatic heterocycles. The number of hydrogen-bond donors (Lipinski definition) is 0. The summed E-state index contributed by atoms with van der Waals surface area (Å²) in [5.41, 5.74) is 4.06. The average molecular weight is 423 g/mol. The van der Waals surface area contributed by atoms with E-state index in [1.165, 1.54) is 0 Å². The van der Waals surface area contributed by atoms with E-state index >= 15 is 0 Å². The lowest BCUT2D eigenvalue weighted by molar-refractivity contribution is 0.725. The highest BCUT2D eigenvalue weighted by Gasteiger charge is 2.23. The molecule has 5 nitrogen and oxygen atoms in total. The fourth-order valence-electron chi connectivity index (χ4n) is 3.72. The summed E-state index contributed by atoms with van der Waals surface area (Å²) in [6, 6.07) is 14.9. The molecule has 29 heavy (non-hydrogen) atoms. The molecule has 7 heteroatoms. The maximum Gasteiger partial charge on any atom is 0.261 e. The van der Waals surface area contributed by atoms with E-state index in [2.05, 4.69) is 5.10 Å². The Labute approximate surface area is 176 Å². The molecule has 0 unspecified atom stereocenters. The number of fused-ring (bicyclic) bond motifs is 2. The molecular formula is C22H16Cl2N4O. The molecule has 5 rings (SSSR count). The molecule has 0 amide bonds. The Morgan fingerprint density at radius 2 is 1.90 bits per heavy atom. The predicted octanol–water partition coefficient (Wildman–Crippen LogP) is 5.14. The standard InChI is InChI=1S/C22H16Cl2N4O/c1-13-18(20(24)28(26-13)16-5-3-2-4-6-16)11-14-9-10-27-21(14)25-19-12-15(23)7-8-17(19)22(27)29/h2-8,11-12H,9-10H2,1H3/b14-11+. The third kappa shape index (κ3) is 2.98. The van der Waals surface area contributed by atoms with Crippen LogP contribution in [-0.4, -0.2) is 19.3 Å². The van der Waals surface area contributed by atoms with Gasteiger partial charge in [0, 0.05) is 17.1 Å². The van der Waals surface area contributed by atoms with Gasteiger partial charge in [0.1, 0.15) is 11.0 Å². The number of nitrogens with zero attached hydrogens (tertiary/aromatic N) is 4. The molecule has 0 saturated carbocycles. The van der Waals surface area contributed by atoms with E-state index in [0.29, 0.717) is 39.9 Å². The summed E-state index contributed by atoms with van der Waals surface area (Å²) in [5, 5.41) is 6.26. The van der Waals surface area contributed by atoms with Crippen molar-refractivity contribution in [2.45, 2.75) is 19.9 Å². The van der Waals surface area contributed by atoms with Gasteiger partial charge < -0.3 is 0 Å². The molecule has 144 valence electrons. The first-order chi connectivity index (χ1) is 14.0. The number of benzene rings is 2. The van der Waals surface area contributed by atoms with Gasteiger partial charge in [-0.15, -0.1) is 0 Å². The molecule has 1 aliphatic heterocycles. The number of aromatic nitrogens is 4. The highest BCUT2D eigenvalue weighted by Crippen LogP contribution is 2.32. The first kappa shape index (κ1) is 18.2. The topological polar surface area (TPSA) is 52.7 Å². The minimum Gasteiger partial charge on any atom is -0.292 e. The molecule has 0 saturated heterocycles. The third-order valence-corrected chi connectivity index (χ3v) is 5.78. The molecule has 0 bridgehead atoms. The summed E-state index contributed by atoms with van der Waals surface area (Å²) in [6.07, 6.45) is 2.70. The quantitative estimate of drug-likeness (QED) is 0.449. The summed E-state index contributed by atoms with van der Waals surface area (Å²) < 4.78 is 3.44. The molecule has 0 fully saturated rings. The first-order valence-corrected chi connectivity index (χ1v) is 10.00. The van der Waals surface area contributed by atoms with Crippen molar-refractivity contribution in [1.82, 2.24) is 19.3 Å². The van der Waals surface area contributed by atoms with Crippen LogP contribution in [0.2, 0.25) is 10.2 Å². The van der Waals surface area contributed by atoms with Crippen LogP contribution in [0, 0.1) is 6.92 Å². The van der Waals surface area contributed by atoms with Gasteiger partial charge in [-0.05, 0) is 55.3 Å². The molecule has 3 heterocycles. The summed E-state index contributed by atoms with van der Waals surface area (Å²) >= 11 is 12.8. The Morgan fingerprint density at radius 1 is 1.10 bits per heavy atom. The van der Waals surface area contributed by atoms with Crippen LogP contribution < -0.4 is 5.56 Å². The second kappa shape index (κ2) is 6.87. The Bertz CT molecular complexity index is 1350. The lowest BCUT2D eigenvalue weighted by Crippen LogP contribution is -2.20. The number of para-hydroxylation sites is 1.